The van der Waals surface area contributed by atoms with Crippen molar-refractivity contribution in [2.24, 2.45) is 0 Å². The number of hydrogen-bond acceptors (Lipinski definition) is 7. The van der Waals surface area contributed by atoms with Crippen molar-refractivity contribution >= 4 is 11.6 Å². The van der Waals surface area contributed by atoms with E-state index < -0.39 is 42.7 Å². The van der Waals surface area contributed by atoms with Crippen molar-refractivity contribution in [1.82, 2.24) is 0 Å². The second kappa shape index (κ2) is 10.8. The molecule has 5 rings (SSSR count). The van der Waals surface area contributed by atoms with E-state index in [1.807, 2.05) is 30.3 Å². The first-order chi connectivity index (χ1) is 18.2. The van der Waals surface area contributed by atoms with Gasteiger partial charge in [0, 0.05) is 11.4 Å². The van der Waals surface area contributed by atoms with Gasteiger partial charge in [-0.1, -0.05) is 54.1 Å². The third kappa shape index (κ3) is 5.41. The van der Waals surface area contributed by atoms with Gasteiger partial charge in [0.25, 0.3) is 0 Å². The van der Waals surface area contributed by atoms with Crippen molar-refractivity contribution in [3.05, 3.63) is 93.5 Å². The minimum atomic E-state index is -1.44. The lowest BCUT2D eigenvalue weighted by Crippen LogP contribution is -2.55. The van der Waals surface area contributed by atoms with Crippen molar-refractivity contribution in [1.29, 1.82) is 0 Å². The van der Waals surface area contributed by atoms with Gasteiger partial charge in [-0.15, -0.1) is 0 Å². The Morgan fingerprint density at radius 3 is 2.47 bits per heavy atom. The molecule has 6 atom stereocenters. The predicted molar refractivity (Wildman–Crippen MR) is 143 cm³/mol. The SMILES string of the molecule is Cc1cccc2c1OC(C)(COc1ccc(Cc3cc([C@@H]4O[C@H](CO)[C@@H](O)[C@H](O)[C@H]4O)ccc3Cl)cc1)C2. The van der Waals surface area contributed by atoms with Crippen LogP contribution in [0.4, 0.5) is 0 Å². The molecular weight excluding hydrogens is 508 g/mol. The average molecular weight is 541 g/mol. The van der Waals surface area contributed by atoms with Gasteiger partial charge in [0.2, 0.25) is 0 Å². The largest absolute Gasteiger partial charge is 0.489 e. The zero-order valence-electron chi connectivity index (χ0n) is 21.4. The second-order valence-electron chi connectivity index (χ2n) is 10.5. The molecule has 0 spiro atoms. The molecule has 0 bridgehead atoms. The number of aryl methyl sites for hydroxylation is 1. The van der Waals surface area contributed by atoms with Gasteiger partial charge in [0.05, 0.1) is 6.61 Å². The van der Waals surface area contributed by atoms with E-state index in [-0.39, 0.29) is 0 Å². The van der Waals surface area contributed by atoms with Crippen molar-refractivity contribution in [2.75, 3.05) is 13.2 Å². The highest BCUT2D eigenvalue weighted by molar-refractivity contribution is 6.31. The van der Waals surface area contributed by atoms with Crippen LogP contribution in [0.25, 0.3) is 0 Å². The minimum Gasteiger partial charge on any atom is -0.489 e. The number of hydrogen-bond donors (Lipinski definition) is 4. The van der Waals surface area contributed by atoms with Gasteiger partial charge in [-0.2, -0.15) is 0 Å². The summed E-state index contributed by atoms with van der Waals surface area (Å²) in [6.07, 6.45) is -4.74. The quantitative estimate of drug-likeness (QED) is 0.363. The predicted octanol–water partition coefficient (Wildman–Crippen LogP) is 3.53. The number of ether oxygens (including phenoxy) is 3. The van der Waals surface area contributed by atoms with Gasteiger partial charge in [-0.25, -0.2) is 0 Å². The minimum absolute atomic E-state index is 0.424. The molecule has 1 fully saturated rings. The molecule has 3 aromatic rings. The Morgan fingerprint density at radius 2 is 1.76 bits per heavy atom. The lowest BCUT2D eigenvalue weighted by atomic mass is 9.90. The third-order valence-electron chi connectivity index (χ3n) is 7.36. The Hall–Kier alpha value is -2.65. The molecular formula is C30H33ClO7. The molecule has 2 aliphatic rings. The van der Waals surface area contributed by atoms with Crippen molar-refractivity contribution in [2.45, 2.75) is 62.8 Å². The first-order valence-corrected chi connectivity index (χ1v) is 13.1. The van der Waals surface area contributed by atoms with Gasteiger partial charge < -0.3 is 34.6 Å². The summed E-state index contributed by atoms with van der Waals surface area (Å²) in [7, 11) is 0. The van der Waals surface area contributed by atoms with Crippen LogP contribution >= 0.6 is 11.6 Å². The van der Waals surface area contributed by atoms with Crippen LogP contribution in [0.1, 0.15) is 40.8 Å². The summed E-state index contributed by atoms with van der Waals surface area (Å²) in [5.41, 5.74) is 4.33. The van der Waals surface area contributed by atoms with Gasteiger partial charge in [0.1, 0.15) is 54.2 Å². The molecule has 0 aromatic heterocycles. The van der Waals surface area contributed by atoms with Gasteiger partial charge in [0.15, 0.2) is 0 Å². The molecule has 7 nitrogen and oxygen atoms in total. The Balaban J connectivity index is 1.24. The Labute approximate surface area is 227 Å². The van der Waals surface area contributed by atoms with Gasteiger partial charge >= 0.3 is 0 Å². The zero-order chi connectivity index (χ0) is 27.0. The van der Waals surface area contributed by atoms with Gasteiger partial charge in [-0.3, -0.25) is 0 Å². The van der Waals surface area contributed by atoms with Crippen LogP contribution in [0.2, 0.25) is 5.02 Å². The molecule has 0 aliphatic carbocycles. The maximum atomic E-state index is 10.5. The van der Waals surface area contributed by atoms with E-state index in [0.29, 0.717) is 23.6 Å². The monoisotopic (exact) mass is 540 g/mol. The molecule has 0 amide bonds. The molecule has 202 valence electrons. The van der Waals surface area contributed by atoms with E-state index in [4.69, 9.17) is 25.8 Å². The summed E-state index contributed by atoms with van der Waals surface area (Å²) in [6, 6.07) is 19.2. The average Bonchev–Trinajstić information content (AvgIpc) is 3.26. The highest BCUT2D eigenvalue weighted by Crippen LogP contribution is 2.38. The molecule has 0 radical (unpaired) electrons. The Morgan fingerprint density at radius 1 is 1.00 bits per heavy atom. The van der Waals surface area contributed by atoms with E-state index in [1.54, 1.807) is 12.1 Å². The highest BCUT2D eigenvalue weighted by Gasteiger charge is 2.44. The number of para-hydroxylation sites is 1. The molecule has 1 saturated heterocycles. The summed E-state index contributed by atoms with van der Waals surface area (Å²) in [6.45, 7) is 4.06. The smallest absolute Gasteiger partial charge is 0.144 e. The Kier molecular flexibility index (Phi) is 7.69. The van der Waals surface area contributed by atoms with E-state index in [0.717, 1.165) is 34.6 Å². The summed E-state index contributed by atoms with van der Waals surface area (Å²) in [5.74, 6) is 1.70. The highest BCUT2D eigenvalue weighted by atomic mass is 35.5. The van der Waals surface area contributed by atoms with Crippen LogP contribution in [0, 0.1) is 6.92 Å². The normalized spacial score (nSPS) is 28.6. The van der Waals surface area contributed by atoms with Crippen molar-refractivity contribution in [3.63, 3.8) is 0 Å². The second-order valence-corrected chi connectivity index (χ2v) is 10.9. The number of rotatable bonds is 7. The lowest BCUT2D eigenvalue weighted by Gasteiger charge is -2.40. The van der Waals surface area contributed by atoms with Crippen molar-refractivity contribution in [3.8, 4) is 11.5 Å². The fourth-order valence-electron chi connectivity index (χ4n) is 5.21. The molecule has 1 unspecified atom stereocenters. The van der Waals surface area contributed by atoms with Crippen LogP contribution in [-0.2, 0) is 17.6 Å². The number of halogens is 1. The van der Waals surface area contributed by atoms with E-state index in [2.05, 4.69) is 32.0 Å². The fraction of sp³-hybridized carbons (Fsp3) is 0.400. The van der Waals surface area contributed by atoms with Crippen LogP contribution in [0.15, 0.2) is 60.7 Å². The maximum Gasteiger partial charge on any atom is 0.144 e. The van der Waals surface area contributed by atoms with E-state index >= 15 is 0 Å². The molecule has 0 saturated carbocycles. The molecule has 2 aliphatic heterocycles. The standard InChI is InChI=1S/C30H33ClO7/c1-17-4-3-5-20-14-30(2,38-28(17)20)16-36-22-9-6-18(7-10-22)12-21-13-19(8-11-23(21)31)29-27(35)26(34)25(33)24(15-32)37-29/h3-11,13,24-27,29,32-35H,12,14-16H2,1-2H3/t24-,25-,26+,27-,29+,30?/m1/s1. The third-order valence-corrected chi connectivity index (χ3v) is 7.73. The summed E-state index contributed by atoms with van der Waals surface area (Å²) in [5, 5.41) is 40.8. The molecule has 38 heavy (non-hydrogen) atoms. The maximum absolute atomic E-state index is 10.5. The lowest BCUT2D eigenvalue weighted by molar-refractivity contribution is -0.231. The number of aliphatic hydroxyl groups excluding tert-OH is 4. The van der Waals surface area contributed by atoms with Crippen molar-refractivity contribution < 1.29 is 34.6 Å². The summed E-state index contributed by atoms with van der Waals surface area (Å²) >= 11 is 6.48. The topological polar surface area (TPSA) is 109 Å². The molecule has 2 heterocycles. The van der Waals surface area contributed by atoms with Crippen LogP contribution in [0.5, 0.6) is 11.5 Å². The molecule has 8 heteroatoms. The van der Waals surface area contributed by atoms with Gasteiger partial charge in [-0.05, 0) is 66.3 Å². The first-order valence-electron chi connectivity index (χ1n) is 12.8. The van der Waals surface area contributed by atoms with Crippen LogP contribution in [0.3, 0.4) is 0 Å². The van der Waals surface area contributed by atoms with Crippen LogP contribution < -0.4 is 9.47 Å². The Bertz CT molecular complexity index is 1280. The first kappa shape index (κ1) is 26.9. The van der Waals surface area contributed by atoms with Crippen LogP contribution in [-0.4, -0.2) is 63.7 Å². The van der Waals surface area contributed by atoms with E-state index in [9.17, 15) is 20.4 Å². The molecule has 3 aromatic carbocycles. The summed E-state index contributed by atoms with van der Waals surface area (Å²) < 4.78 is 18.0. The fourth-order valence-corrected chi connectivity index (χ4v) is 5.39. The number of aliphatic hydroxyl groups is 4. The summed E-state index contributed by atoms with van der Waals surface area (Å²) in [4.78, 5) is 0. The molecule has 4 N–H and O–H groups in total. The zero-order valence-corrected chi connectivity index (χ0v) is 22.1. The van der Waals surface area contributed by atoms with E-state index in [1.165, 1.54) is 5.56 Å². The number of fused-ring (bicyclic) bond motifs is 1. The number of benzene rings is 3.